The molecular weight excluding hydrogens is 154 g/mol. The zero-order valence-corrected chi connectivity index (χ0v) is 7.58. The Morgan fingerprint density at radius 1 is 1.33 bits per heavy atom. The van der Waals surface area contributed by atoms with Crippen molar-refractivity contribution in [2.45, 2.75) is 13.0 Å². The van der Waals surface area contributed by atoms with Crippen molar-refractivity contribution < 1.29 is 9.52 Å². The summed E-state index contributed by atoms with van der Waals surface area (Å²) in [6, 6.07) is 3.86. The van der Waals surface area contributed by atoms with E-state index in [9.17, 15) is 0 Å². The highest BCUT2D eigenvalue weighted by atomic mass is 16.3. The topological polar surface area (TPSA) is 36.6 Å². The number of aliphatic hydroxyl groups excluding tert-OH is 1. The summed E-state index contributed by atoms with van der Waals surface area (Å²) in [5.74, 6) is 1.80. The number of hydrogen-bond acceptors (Lipinski definition) is 3. The molecular formula is C9H15NO2. The maximum absolute atomic E-state index is 8.64. The second-order valence-corrected chi connectivity index (χ2v) is 3.08. The van der Waals surface area contributed by atoms with Crippen LogP contribution in [0.25, 0.3) is 0 Å². The van der Waals surface area contributed by atoms with Gasteiger partial charge in [-0.2, -0.15) is 0 Å². The summed E-state index contributed by atoms with van der Waals surface area (Å²) in [6.45, 7) is 0.959. The molecule has 0 aromatic carbocycles. The monoisotopic (exact) mass is 169 g/mol. The summed E-state index contributed by atoms with van der Waals surface area (Å²) in [6.07, 6.45) is 0.605. The summed E-state index contributed by atoms with van der Waals surface area (Å²) in [5, 5.41) is 8.64. The molecule has 1 N–H and O–H groups in total. The highest BCUT2D eigenvalue weighted by Gasteiger charge is 2.01. The Bertz CT molecular complexity index is 230. The molecule has 0 unspecified atom stereocenters. The van der Waals surface area contributed by atoms with Gasteiger partial charge in [0, 0.05) is 6.42 Å². The molecule has 0 bridgehead atoms. The van der Waals surface area contributed by atoms with Crippen LogP contribution in [0.2, 0.25) is 0 Å². The van der Waals surface area contributed by atoms with E-state index in [1.165, 1.54) is 0 Å². The maximum Gasteiger partial charge on any atom is 0.118 e. The molecule has 0 aliphatic rings. The number of nitrogens with zero attached hydrogens (tertiary/aromatic N) is 1. The Morgan fingerprint density at radius 2 is 2.00 bits per heavy atom. The number of hydrogen-bond donors (Lipinski definition) is 1. The fourth-order valence-electron chi connectivity index (χ4n) is 1.06. The largest absolute Gasteiger partial charge is 0.465 e. The smallest absolute Gasteiger partial charge is 0.118 e. The van der Waals surface area contributed by atoms with Crippen LogP contribution in [0.3, 0.4) is 0 Å². The van der Waals surface area contributed by atoms with E-state index in [0.29, 0.717) is 6.42 Å². The van der Waals surface area contributed by atoms with Gasteiger partial charge in [0.25, 0.3) is 0 Å². The average molecular weight is 169 g/mol. The van der Waals surface area contributed by atoms with E-state index >= 15 is 0 Å². The van der Waals surface area contributed by atoms with Gasteiger partial charge in [-0.1, -0.05) is 0 Å². The first-order chi connectivity index (χ1) is 5.72. The predicted octanol–water partition coefficient (Wildman–Crippen LogP) is 0.876. The molecule has 0 atom stereocenters. The van der Waals surface area contributed by atoms with Gasteiger partial charge in [-0.15, -0.1) is 0 Å². The average Bonchev–Trinajstić information content (AvgIpc) is 2.36. The van der Waals surface area contributed by atoms with Crippen molar-refractivity contribution in [1.29, 1.82) is 0 Å². The molecule has 68 valence electrons. The minimum absolute atomic E-state index is 0.148. The minimum atomic E-state index is 0.148. The summed E-state index contributed by atoms with van der Waals surface area (Å²) in [4.78, 5) is 2.04. The lowest BCUT2D eigenvalue weighted by molar-refractivity contribution is 0.281. The summed E-state index contributed by atoms with van der Waals surface area (Å²) in [5.41, 5.74) is 0. The van der Waals surface area contributed by atoms with Crippen LogP contribution in [0.4, 0.5) is 0 Å². The molecule has 12 heavy (non-hydrogen) atoms. The normalized spacial score (nSPS) is 11.0. The van der Waals surface area contributed by atoms with Crippen molar-refractivity contribution in [1.82, 2.24) is 4.90 Å². The standard InChI is InChI=1S/C9H15NO2/c1-10(2)7-9-4-3-8(12-9)5-6-11/h3-4,11H,5-7H2,1-2H3. The first-order valence-electron chi connectivity index (χ1n) is 4.05. The van der Waals surface area contributed by atoms with Crippen LogP contribution in [-0.2, 0) is 13.0 Å². The Kier molecular flexibility index (Phi) is 3.31. The molecule has 1 aromatic heterocycles. The summed E-state index contributed by atoms with van der Waals surface area (Å²) >= 11 is 0. The van der Waals surface area contributed by atoms with E-state index in [0.717, 1.165) is 18.1 Å². The first kappa shape index (κ1) is 9.29. The number of rotatable bonds is 4. The van der Waals surface area contributed by atoms with Crippen LogP contribution in [0, 0.1) is 0 Å². The van der Waals surface area contributed by atoms with E-state index in [1.54, 1.807) is 0 Å². The highest BCUT2D eigenvalue weighted by molar-refractivity contribution is 5.07. The molecule has 0 fully saturated rings. The number of aliphatic hydroxyl groups is 1. The van der Waals surface area contributed by atoms with Gasteiger partial charge in [-0.05, 0) is 26.2 Å². The zero-order chi connectivity index (χ0) is 8.97. The Balaban J connectivity index is 2.52. The van der Waals surface area contributed by atoms with Gasteiger partial charge in [-0.3, -0.25) is 0 Å². The van der Waals surface area contributed by atoms with E-state index in [2.05, 4.69) is 0 Å². The van der Waals surface area contributed by atoms with Crippen molar-refractivity contribution >= 4 is 0 Å². The molecule has 0 aliphatic carbocycles. The Hall–Kier alpha value is -0.800. The molecule has 0 amide bonds. The van der Waals surface area contributed by atoms with Crippen molar-refractivity contribution in [2.75, 3.05) is 20.7 Å². The second kappa shape index (κ2) is 4.28. The van der Waals surface area contributed by atoms with Crippen LogP contribution in [0.15, 0.2) is 16.5 Å². The lowest BCUT2D eigenvalue weighted by Crippen LogP contribution is -2.09. The zero-order valence-electron chi connectivity index (χ0n) is 7.58. The molecule has 0 radical (unpaired) electrons. The van der Waals surface area contributed by atoms with Crippen LogP contribution in [0.5, 0.6) is 0 Å². The quantitative estimate of drug-likeness (QED) is 0.726. The minimum Gasteiger partial charge on any atom is -0.465 e. The lowest BCUT2D eigenvalue weighted by Gasteiger charge is -2.05. The van der Waals surface area contributed by atoms with Crippen LogP contribution in [0.1, 0.15) is 11.5 Å². The predicted molar refractivity (Wildman–Crippen MR) is 46.9 cm³/mol. The summed E-state index contributed by atoms with van der Waals surface area (Å²) in [7, 11) is 3.99. The van der Waals surface area contributed by atoms with Gasteiger partial charge in [0.2, 0.25) is 0 Å². The van der Waals surface area contributed by atoms with Gasteiger partial charge in [0.1, 0.15) is 11.5 Å². The molecule has 3 heteroatoms. The van der Waals surface area contributed by atoms with Gasteiger partial charge in [0.15, 0.2) is 0 Å². The fraction of sp³-hybridized carbons (Fsp3) is 0.556. The molecule has 0 spiro atoms. The van der Waals surface area contributed by atoms with E-state index in [1.807, 2.05) is 31.1 Å². The van der Waals surface area contributed by atoms with Crippen molar-refractivity contribution in [3.8, 4) is 0 Å². The first-order valence-corrected chi connectivity index (χ1v) is 4.05. The van der Waals surface area contributed by atoms with Crippen molar-refractivity contribution in [3.63, 3.8) is 0 Å². The van der Waals surface area contributed by atoms with E-state index in [-0.39, 0.29) is 6.61 Å². The number of furan rings is 1. The molecule has 1 heterocycles. The van der Waals surface area contributed by atoms with Crippen molar-refractivity contribution in [3.05, 3.63) is 23.7 Å². The SMILES string of the molecule is CN(C)Cc1ccc(CCO)o1. The van der Waals surface area contributed by atoms with E-state index < -0.39 is 0 Å². The third kappa shape index (κ3) is 2.68. The highest BCUT2D eigenvalue weighted by Crippen LogP contribution is 2.09. The van der Waals surface area contributed by atoms with Crippen LogP contribution in [-0.4, -0.2) is 30.7 Å². The fourth-order valence-corrected chi connectivity index (χ4v) is 1.06. The second-order valence-electron chi connectivity index (χ2n) is 3.08. The molecule has 0 saturated carbocycles. The molecule has 1 aromatic rings. The molecule has 0 saturated heterocycles. The van der Waals surface area contributed by atoms with Gasteiger partial charge >= 0.3 is 0 Å². The third-order valence-electron chi connectivity index (χ3n) is 1.55. The van der Waals surface area contributed by atoms with Gasteiger partial charge in [-0.25, -0.2) is 0 Å². The van der Waals surface area contributed by atoms with Crippen LogP contribution < -0.4 is 0 Å². The molecule has 1 rings (SSSR count). The maximum atomic E-state index is 8.64. The molecule has 3 nitrogen and oxygen atoms in total. The Morgan fingerprint density at radius 3 is 2.58 bits per heavy atom. The third-order valence-corrected chi connectivity index (χ3v) is 1.55. The molecule has 0 aliphatic heterocycles. The van der Waals surface area contributed by atoms with Gasteiger partial charge < -0.3 is 14.4 Å². The Labute approximate surface area is 72.6 Å². The lowest BCUT2D eigenvalue weighted by atomic mass is 10.3. The van der Waals surface area contributed by atoms with Crippen molar-refractivity contribution in [2.24, 2.45) is 0 Å². The van der Waals surface area contributed by atoms with E-state index in [4.69, 9.17) is 9.52 Å². The van der Waals surface area contributed by atoms with Crippen LogP contribution >= 0.6 is 0 Å². The van der Waals surface area contributed by atoms with Gasteiger partial charge in [0.05, 0.1) is 13.2 Å². The summed E-state index contributed by atoms with van der Waals surface area (Å²) < 4.78 is 5.43.